The zero-order valence-electron chi connectivity index (χ0n) is 23.3. The summed E-state index contributed by atoms with van der Waals surface area (Å²) in [6.45, 7) is 1.40. The molecule has 3 aliphatic carbocycles. The Hall–Kier alpha value is -4.28. The molecule has 0 saturated heterocycles. The predicted octanol–water partition coefficient (Wildman–Crippen LogP) is -0.455. The summed E-state index contributed by atoms with van der Waals surface area (Å²) < 4.78 is 21.4. The number of anilines is 1. The van der Waals surface area contributed by atoms with Gasteiger partial charge < -0.3 is 37.0 Å². The maximum Gasteiger partial charge on any atom is 0.255 e. The van der Waals surface area contributed by atoms with Gasteiger partial charge in [-0.05, 0) is 63.3 Å². The van der Waals surface area contributed by atoms with Crippen LogP contribution >= 0.6 is 0 Å². The predicted molar refractivity (Wildman–Crippen MR) is 152 cm³/mol. The number of ketones is 2. The van der Waals surface area contributed by atoms with E-state index in [0.717, 1.165) is 0 Å². The lowest BCUT2D eigenvalue weighted by Gasteiger charge is -2.53. The maximum atomic E-state index is 13.7. The van der Waals surface area contributed by atoms with E-state index in [0.29, 0.717) is 5.69 Å². The zero-order valence-corrected chi connectivity index (χ0v) is 24.2. The lowest BCUT2D eigenvalue weighted by Crippen LogP contribution is -2.67. The number of likely N-dealkylation sites (N-methyl/N-ethyl adjacent to an activating group) is 1. The average molecular weight is 617 g/mol. The number of primary amides is 1. The first kappa shape index (κ1) is 31.7. The number of nitrogens with two attached hydrogens (primary N) is 3. The van der Waals surface area contributed by atoms with E-state index in [2.05, 4.69) is 0 Å². The van der Waals surface area contributed by atoms with Crippen molar-refractivity contribution >= 4 is 38.9 Å². The number of amides is 1. The monoisotopic (exact) mass is 616 g/mol. The van der Waals surface area contributed by atoms with Gasteiger partial charge in [0.25, 0.3) is 5.91 Å². The minimum absolute atomic E-state index is 0.0756. The van der Waals surface area contributed by atoms with Crippen LogP contribution < -0.4 is 16.6 Å². The molecule has 0 spiro atoms. The molecule has 3 aliphatic rings. The smallest absolute Gasteiger partial charge is 0.255 e. The van der Waals surface area contributed by atoms with Crippen molar-refractivity contribution in [2.45, 2.75) is 35.5 Å². The Balaban J connectivity index is 0.000000324. The number of phenolic OH excluding ortho intramolecular Hbond substituents is 1. The van der Waals surface area contributed by atoms with Crippen LogP contribution in [0, 0.1) is 11.8 Å². The lowest BCUT2D eigenvalue weighted by molar-refractivity contribution is -0.159. The summed E-state index contributed by atoms with van der Waals surface area (Å²) in [5, 5.41) is 59.7. The van der Waals surface area contributed by atoms with Crippen molar-refractivity contribution in [1.29, 1.82) is 0 Å². The van der Waals surface area contributed by atoms with Crippen LogP contribution in [0.5, 0.6) is 5.75 Å². The van der Waals surface area contributed by atoms with Gasteiger partial charge in [-0.3, -0.25) is 19.3 Å². The van der Waals surface area contributed by atoms with E-state index in [1.165, 1.54) is 68.4 Å². The van der Waals surface area contributed by atoms with Gasteiger partial charge in [-0.25, -0.2) is 13.6 Å². The Morgan fingerprint density at radius 2 is 1.60 bits per heavy atom. The highest BCUT2D eigenvalue weighted by Crippen LogP contribution is 2.57. The molecule has 0 heterocycles. The van der Waals surface area contributed by atoms with Crippen LogP contribution in [0.1, 0.15) is 24.5 Å². The van der Waals surface area contributed by atoms with E-state index in [9.17, 15) is 48.3 Å². The minimum Gasteiger partial charge on any atom is -0.508 e. The van der Waals surface area contributed by atoms with E-state index in [4.69, 9.17) is 16.6 Å². The molecule has 2 aromatic rings. The molecule has 43 heavy (non-hydrogen) atoms. The fourth-order valence-electron chi connectivity index (χ4n) is 6.16. The van der Waals surface area contributed by atoms with Gasteiger partial charge in [-0.15, -0.1) is 0 Å². The number of aromatic hydroxyl groups is 1. The molecule has 0 aromatic heterocycles. The van der Waals surface area contributed by atoms with Crippen LogP contribution in [-0.4, -0.2) is 82.1 Å². The van der Waals surface area contributed by atoms with E-state index in [1.807, 2.05) is 0 Å². The van der Waals surface area contributed by atoms with Crippen LogP contribution in [-0.2, 0) is 30.0 Å². The highest BCUT2D eigenvalue weighted by Gasteiger charge is 2.66. The third-order valence-corrected chi connectivity index (χ3v) is 9.16. The summed E-state index contributed by atoms with van der Waals surface area (Å²) in [4.78, 5) is 40.1. The zero-order chi connectivity index (χ0) is 32.4. The quantitative estimate of drug-likeness (QED) is 0.161. The Kier molecular flexibility index (Phi) is 7.70. The standard InChI is InChI=1S/C22H24N2O8.C6H8N2O2S/c1-21(31)8-5-4-6-11(25)12(8)16(26)13-9(21)7-10-15(24(2)3)17(27)14(20(23)30)19(29)22(10,32)18(13)28;7-5-1-3-6(4-2-5)11(8,9)10/h4-6,9-10,15,25-26,29,31-32H,7H2,1-3H3,(H2,23,30);1-4H,7H2,(H2,8,9,10)/t9-,10-,15-,21+,22-;/m0./s1. The number of phenols is 1. The molecule has 0 aliphatic heterocycles. The summed E-state index contributed by atoms with van der Waals surface area (Å²) in [7, 11) is -0.568. The first-order valence-electron chi connectivity index (χ1n) is 12.9. The topological polar surface area (TPSA) is 268 Å². The first-order chi connectivity index (χ1) is 19.8. The fraction of sp³-hybridized carbons (Fsp3) is 0.321. The van der Waals surface area contributed by atoms with E-state index >= 15 is 0 Å². The fourth-order valence-corrected chi connectivity index (χ4v) is 6.67. The number of hydrogen-bond donors (Lipinski definition) is 8. The van der Waals surface area contributed by atoms with Gasteiger partial charge in [0.2, 0.25) is 15.8 Å². The van der Waals surface area contributed by atoms with Gasteiger partial charge in [-0.2, -0.15) is 0 Å². The van der Waals surface area contributed by atoms with E-state index < -0.39 is 85.0 Å². The van der Waals surface area contributed by atoms with Crippen molar-refractivity contribution in [3.8, 4) is 5.75 Å². The van der Waals surface area contributed by atoms with Gasteiger partial charge in [-0.1, -0.05) is 12.1 Å². The van der Waals surface area contributed by atoms with Crippen LogP contribution in [0.3, 0.4) is 0 Å². The molecule has 5 atom stereocenters. The second kappa shape index (κ2) is 10.5. The van der Waals surface area contributed by atoms with Crippen LogP contribution in [0.2, 0.25) is 0 Å². The second-order valence-electron chi connectivity index (χ2n) is 11.1. The molecule has 14 nitrogen and oxygen atoms in total. The largest absolute Gasteiger partial charge is 0.508 e. The Labute approximate surface area is 246 Å². The van der Waals surface area contributed by atoms with Gasteiger partial charge in [0, 0.05) is 23.1 Å². The van der Waals surface area contributed by atoms with Crippen molar-refractivity contribution < 1.29 is 48.3 Å². The van der Waals surface area contributed by atoms with Crippen LogP contribution in [0.15, 0.2) is 64.3 Å². The van der Waals surface area contributed by atoms with Crippen LogP contribution in [0.4, 0.5) is 5.69 Å². The van der Waals surface area contributed by atoms with Gasteiger partial charge in [0.15, 0.2) is 11.4 Å². The molecule has 5 rings (SSSR count). The van der Waals surface area contributed by atoms with Crippen LogP contribution in [0.25, 0.3) is 5.76 Å². The second-order valence-corrected chi connectivity index (χ2v) is 12.6. The summed E-state index contributed by atoms with van der Waals surface area (Å²) >= 11 is 0. The Morgan fingerprint density at radius 1 is 1.02 bits per heavy atom. The lowest BCUT2D eigenvalue weighted by atomic mass is 9.54. The molecule has 1 fully saturated rings. The van der Waals surface area contributed by atoms with Crippen molar-refractivity contribution in [2.75, 3.05) is 19.8 Å². The highest BCUT2D eigenvalue weighted by atomic mass is 32.2. The highest BCUT2D eigenvalue weighted by molar-refractivity contribution is 7.89. The summed E-state index contributed by atoms with van der Waals surface area (Å²) in [6.07, 6.45) is -0.200. The average Bonchev–Trinajstić information content (AvgIpc) is 2.89. The normalized spacial score (nSPS) is 28.5. The van der Waals surface area contributed by atoms with Gasteiger partial charge in [0.05, 0.1) is 22.1 Å². The SMILES string of the molecule is CN(C)[C@@H]1C(=O)C(C(N)=O)=C(O)[C@@]2(O)C(=O)C3=C(O)c4c(O)cccc4[C@@](C)(O)[C@H]3C[C@@H]12.Nc1ccc(S(N)(=O)=O)cc1. The number of sulfonamides is 1. The summed E-state index contributed by atoms with van der Waals surface area (Å²) in [5.74, 6) is -7.90. The summed E-state index contributed by atoms with van der Waals surface area (Å²) in [6, 6.07) is 8.72. The molecule has 0 unspecified atom stereocenters. The van der Waals surface area contributed by atoms with Gasteiger partial charge in [0.1, 0.15) is 22.8 Å². The summed E-state index contributed by atoms with van der Waals surface area (Å²) in [5.41, 5.74) is 5.30. The van der Waals surface area contributed by atoms with Crippen molar-refractivity contribution in [2.24, 2.45) is 22.7 Å². The molecule has 1 amide bonds. The van der Waals surface area contributed by atoms with E-state index in [-0.39, 0.29) is 22.4 Å². The number of aliphatic hydroxyl groups excluding tert-OH is 2. The molecule has 0 radical (unpaired) electrons. The number of carbonyl (C=O) groups is 3. The van der Waals surface area contributed by atoms with Crippen molar-refractivity contribution in [3.63, 3.8) is 0 Å². The number of carbonyl (C=O) groups excluding carboxylic acids is 3. The third-order valence-electron chi connectivity index (χ3n) is 8.23. The molecule has 1 saturated carbocycles. The number of nitrogens with zero attached hydrogens (tertiary/aromatic N) is 1. The molecular weight excluding hydrogens is 584 g/mol. The molecule has 0 bridgehead atoms. The number of hydrogen-bond acceptors (Lipinski definition) is 12. The third kappa shape index (κ3) is 4.84. The molecule has 11 N–H and O–H groups in total. The van der Waals surface area contributed by atoms with Gasteiger partial charge >= 0.3 is 0 Å². The Bertz CT molecular complexity index is 1710. The maximum absolute atomic E-state index is 13.7. The molecular formula is C28H32N4O10S. The van der Waals surface area contributed by atoms with Crippen molar-refractivity contribution in [1.82, 2.24) is 4.90 Å². The molecule has 230 valence electrons. The molecule has 15 heteroatoms. The first-order valence-corrected chi connectivity index (χ1v) is 14.4. The van der Waals surface area contributed by atoms with E-state index in [1.54, 1.807) is 0 Å². The number of primary sulfonamides is 1. The number of aliphatic hydroxyl groups is 4. The molecule has 2 aromatic carbocycles. The van der Waals surface area contributed by atoms with Crippen molar-refractivity contribution in [3.05, 3.63) is 70.5 Å². The number of nitrogen functional groups attached to an aromatic ring is 1. The number of benzene rings is 2. The number of fused-ring (bicyclic) bond motifs is 3. The minimum atomic E-state index is -3.58. The Morgan fingerprint density at radius 3 is 2.12 bits per heavy atom. The number of rotatable bonds is 3. The number of Topliss-reactive ketones (excluding diaryl/α,β-unsaturated/α-hetero) is 2.